The smallest absolute Gasteiger partial charge is 0.0152 e. The van der Waals surface area contributed by atoms with Crippen molar-refractivity contribution in [1.82, 2.24) is 0 Å². The first-order valence-electron chi connectivity index (χ1n) is 5.32. The minimum Gasteiger partial charge on any atom is -0.0614 e. The van der Waals surface area contributed by atoms with Crippen LogP contribution in [0.5, 0.6) is 0 Å². The van der Waals surface area contributed by atoms with Crippen LogP contribution in [0.2, 0.25) is 0 Å². The molecule has 0 nitrogen and oxygen atoms in total. The first-order valence-corrected chi connectivity index (χ1v) is 5.32. The van der Waals surface area contributed by atoms with E-state index in [-0.39, 0.29) is 0 Å². The minimum atomic E-state index is 1.31. The maximum Gasteiger partial charge on any atom is -0.0152 e. The molecule has 0 N–H and O–H groups in total. The van der Waals surface area contributed by atoms with Gasteiger partial charge in [-0.05, 0) is 43.0 Å². The molecule has 76 valence electrons. The molecule has 2 aromatic rings. The van der Waals surface area contributed by atoms with Gasteiger partial charge in [0.05, 0.1) is 0 Å². The number of aryl methyl sites for hydroxylation is 2. The summed E-state index contributed by atoms with van der Waals surface area (Å²) >= 11 is 0. The highest BCUT2D eigenvalue weighted by molar-refractivity contribution is 5.68. The van der Waals surface area contributed by atoms with Crippen LogP contribution >= 0.6 is 0 Å². The molecule has 2 rings (SSSR count). The van der Waals surface area contributed by atoms with Crippen LogP contribution in [0, 0.1) is 20.8 Å². The molecule has 0 radical (unpaired) electrons. The second kappa shape index (κ2) is 3.90. The molecular formula is C15H16. The van der Waals surface area contributed by atoms with Gasteiger partial charge in [-0.25, -0.2) is 0 Å². The molecule has 0 atom stereocenters. The summed E-state index contributed by atoms with van der Waals surface area (Å²) in [5, 5.41) is 0. The fourth-order valence-electron chi connectivity index (χ4n) is 1.88. The molecule has 0 aliphatic rings. The quantitative estimate of drug-likeness (QED) is 0.638. The predicted molar refractivity (Wildman–Crippen MR) is 66.1 cm³/mol. The summed E-state index contributed by atoms with van der Waals surface area (Å²) < 4.78 is 0. The van der Waals surface area contributed by atoms with Gasteiger partial charge in [0.15, 0.2) is 0 Å². The fourth-order valence-corrected chi connectivity index (χ4v) is 1.88. The Morgan fingerprint density at radius 1 is 0.800 bits per heavy atom. The van der Waals surface area contributed by atoms with Crippen LogP contribution in [0.3, 0.4) is 0 Å². The average molecular weight is 196 g/mol. The van der Waals surface area contributed by atoms with Gasteiger partial charge in [-0.3, -0.25) is 0 Å². The molecule has 0 aromatic heterocycles. The molecule has 0 unspecified atom stereocenters. The van der Waals surface area contributed by atoms with Gasteiger partial charge in [-0.15, -0.1) is 0 Å². The molecule has 0 heterocycles. The third-order valence-electron chi connectivity index (χ3n) is 2.93. The zero-order valence-corrected chi connectivity index (χ0v) is 9.54. The highest BCUT2D eigenvalue weighted by atomic mass is 14.1. The van der Waals surface area contributed by atoms with Crippen LogP contribution in [0.25, 0.3) is 11.1 Å². The van der Waals surface area contributed by atoms with E-state index in [0.29, 0.717) is 0 Å². The van der Waals surface area contributed by atoms with Gasteiger partial charge in [0.2, 0.25) is 0 Å². The van der Waals surface area contributed by atoms with Gasteiger partial charge in [0, 0.05) is 0 Å². The van der Waals surface area contributed by atoms with Gasteiger partial charge < -0.3 is 0 Å². The maximum atomic E-state index is 2.24. The number of benzene rings is 2. The monoisotopic (exact) mass is 196 g/mol. The van der Waals surface area contributed by atoms with Crippen molar-refractivity contribution in [3.05, 3.63) is 59.2 Å². The summed E-state index contributed by atoms with van der Waals surface area (Å²) in [5.74, 6) is 0. The molecule has 0 aliphatic carbocycles. The van der Waals surface area contributed by atoms with Crippen LogP contribution in [-0.2, 0) is 0 Å². The lowest BCUT2D eigenvalue weighted by Crippen LogP contribution is -1.87. The predicted octanol–water partition coefficient (Wildman–Crippen LogP) is 4.28. The third-order valence-corrected chi connectivity index (χ3v) is 2.93. The van der Waals surface area contributed by atoms with Crippen molar-refractivity contribution in [2.45, 2.75) is 20.8 Å². The van der Waals surface area contributed by atoms with E-state index in [1.54, 1.807) is 0 Å². The lowest BCUT2D eigenvalue weighted by Gasteiger charge is -2.09. The lowest BCUT2D eigenvalue weighted by molar-refractivity contribution is 1.33. The molecule has 0 amide bonds. The number of hydrogen-bond acceptors (Lipinski definition) is 0. The van der Waals surface area contributed by atoms with Crippen LogP contribution in [0.1, 0.15) is 16.7 Å². The molecule has 0 spiro atoms. The first-order chi connectivity index (χ1) is 7.18. The molecule has 15 heavy (non-hydrogen) atoms. The van der Waals surface area contributed by atoms with Gasteiger partial charge in [0.25, 0.3) is 0 Å². The van der Waals surface area contributed by atoms with E-state index in [9.17, 15) is 0 Å². The van der Waals surface area contributed by atoms with Gasteiger partial charge in [-0.1, -0.05) is 48.0 Å². The lowest BCUT2D eigenvalue weighted by atomic mass is 9.96. The molecule has 0 saturated heterocycles. The van der Waals surface area contributed by atoms with Gasteiger partial charge in [0.1, 0.15) is 0 Å². The summed E-state index contributed by atoms with van der Waals surface area (Å²) in [5.41, 5.74) is 6.71. The summed E-state index contributed by atoms with van der Waals surface area (Å²) in [4.78, 5) is 0. The molecule has 0 fully saturated rings. The largest absolute Gasteiger partial charge is 0.0614 e. The Hall–Kier alpha value is -1.56. The summed E-state index contributed by atoms with van der Waals surface area (Å²) in [6, 6.07) is 15.1. The maximum absolute atomic E-state index is 2.24. The molecule has 0 aliphatic heterocycles. The van der Waals surface area contributed by atoms with E-state index in [2.05, 4.69) is 63.2 Å². The van der Waals surface area contributed by atoms with Crippen molar-refractivity contribution in [3.63, 3.8) is 0 Å². The fraction of sp³-hybridized carbons (Fsp3) is 0.200. The Morgan fingerprint density at radius 2 is 1.53 bits per heavy atom. The molecule has 0 bridgehead atoms. The van der Waals surface area contributed by atoms with E-state index in [4.69, 9.17) is 0 Å². The Kier molecular flexibility index (Phi) is 2.59. The number of rotatable bonds is 1. The zero-order chi connectivity index (χ0) is 10.8. The highest BCUT2D eigenvalue weighted by Gasteiger charge is 2.02. The SMILES string of the molecule is Cc1cccc(-c2cccc(C)c2C)c1. The zero-order valence-electron chi connectivity index (χ0n) is 9.54. The number of hydrogen-bond donors (Lipinski definition) is 0. The third kappa shape index (κ3) is 1.94. The van der Waals surface area contributed by atoms with Crippen molar-refractivity contribution in [2.24, 2.45) is 0 Å². The van der Waals surface area contributed by atoms with Crippen molar-refractivity contribution in [1.29, 1.82) is 0 Å². The second-order valence-electron chi connectivity index (χ2n) is 4.12. The molecule has 0 heteroatoms. The van der Waals surface area contributed by atoms with Crippen LogP contribution in [0.4, 0.5) is 0 Å². The minimum absolute atomic E-state index is 1.31. The van der Waals surface area contributed by atoms with Crippen LogP contribution in [-0.4, -0.2) is 0 Å². The average Bonchev–Trinajstić information content (AvgIpc) is 2.22. The summed E-state index contributed by atoms with van der Waals surface area (Å²) in [6.45, 7) is 6.48. The van der Waals surface area contributed by atoms with E-state index in [1.165, 1.54) is 27.8 Å². The van der Waals surface area contributed by atoms with Crippen molar-refractivity contribution < 1.29 is 0 Å². The van der Waals surface area contributed by atoms with E-state index >= 15 is 0 Å². The molecular weight excluding hydrogens is 180 g/mol. The van der Waals surface area contributed by atoms with Gasteiger partial charge in [-0.2, -0.15) is 0 Å². The molecule has 0 saturated carbocycles. The summed E-state index contributed by atoms with van der Waals surface area (Å²) in [6.07, 6.45) is 0. The van der Waals surface area contributed by atoms with Crippen molar-refractivity contribution in [3.8, 4) is 11.1 Å². The van der Waals surface area contributed by atoms with E-state index in [0.717, 1.165) is 0 Å². The molecule has 2 aromatic carbocycles. The van der Waals surface area contributed by atoms with Crippen LogP contribution in [0.15, 0.2) is 42.5 Å². The van der Waals surface area contributed by atoms with Crippen molar-refractivity contribution >= 4 is 0 Å². The highest BCUT2D eigenvalue weighted by Crippen LogP contribution is 2.25. The van der Waals surface area contributed by atoms with Gasteiger partial charge >= 0.3 is 0 Å². The Labute approximate surface area is 91.6 Å². The topological polar surface area (TPSA) is 0 Å². The Morgan fingerprint density at radius 3 is 2.27 bits per heavy atom. The van der Waals surface area contributed by atoms with Crippen molar-refractivity contribution in [2.75, 3.05) is 0 Å². The second-order valence-corrected chi connectivity index (χ2v) is 4.12. The normalized spacial score (nSPS) is 10.3. The van der Waals surface area contributed by atoms with E-state index in [1.807, 2.05) is 0 Å². The van der Waals surface area contributed by atoms with Crippen LogP contribution < -0.4 is 0 Å². The Bertz CT molecular complexity index is 481. The standard InChI is InChI=1S/C15H16/c1-11-6-4-8-14(10-11)15-9-5-7-12(2)13(15)3/h4-10H,1-3H3. The summed E-state index contributed by atoms with van der Waals surface area (Å²) in [7, 11) is 0. The van der Waals surface area contributed by atoms with E-state index < -0.39 is 0 Å². The Balaban J connectivity index is 2.59. The first kappa shape index (κ1) is 9.97.